The van der Waals surface area contributed by atoms with E-state index in [2.05, 4.69) is 10.3 Å². The van der Waals surface area contributed by atoms with E-state index < -0.39 is 12.3 Å². The Labute approximate surface area is 203 Å². The lowest BCUT2D eigenvalue weighted by molar-refractivity contribution is -0.132. The monoisotopic (exact) mass is 480 g/mol. The van der Waals surface area contributed by atoms with Gasteiger partial charge >= 0.3 is 6.09 Å². The molecule has 2 aliphatic heterocycles. The molecule has 0 unspecified atom stereocenters. The molecule has 1 N–H and O–H groups in total. The quantitative estimate of drug-likeness (QED) is 0.607. The maximum atomic E-state index is 12.8. The lowest BCUT2D eigenvalue weighted by atomic mass is 10.2. The van der Waals surface area contributed by atoms with Crippen LogP contribution < -0.4 is 10.2 Å². The van der Waals surface area contributed by atoms with Crippen molar-refractivity contribution in [2.24, 2.45) is 0 Å². The van der Waals surface area contributed by atoms with E-state index in [0.717, 1.165) is 11.3 Å². The maximum Gasteiger partial charge on any atom is 0.413 e. The first-order valence-corrected chi connectivity index (χ1v) is 11.5. The Hall–Kier alpha value is -3.76. The second-order valence-electron chi connectivity index (χ2n) is 8.05. The first-order chi connectivity index (χ1) is 17.0. The van der Waals surface area contributed by atoms with Gasteiger partial charge in [-0.15, -0.1) is 0 Å². The summed E-state index contributed by atoms with van der Waals surface area (Å²) in [6, 6.07) is 10.5. The van der Waals surface area contributed by atoms with Crippen LogP contribution >= 0.6 is 0 Å². The maximum absolute atomic E-state index is 12.8. The fourth-order valence-electron chi connectivity index (χ4n) is 3.99. The summed E-state index contributed by atoms with van der Waals surface area (Å²) in [6.45, 7) is 3.73. The number of amides is 3. The van der Waals surface area contributed by atoms with Gasteiger partial charge in [-0.05, 0) is 55.0 Å². The molecule has 0 aliphatic carbocycles. The fourth-order valence-corrected chi connectivity index (χ4v) is 3.99. The van der Waals surface area contributed by atoms with Crippen LogP contribution in [0, 0.1) is 0 Å². The summed E-state index contributed by atoms with van der Waals surface area (Å²) in [4.78, 5) is 44.5. The summed E-state index contributed by atoms with van der Waals surface area (Å²) in [7, 11) is 0. The van der Waals surface area contributed by atoms with E-state index >= 15 is 0 Å². The Kier molecular flexibility index (Phi) is 8.07. The van der Waals surface area contributed by atoms with Crippen LogP contribution in [0.2, 0.25) is 0 Å². The zero-order chi connectivity index (χ0) is 24.6. The topological polar surface area (TPSA) is 110 Å². The number of pyridine rings is 1. The molecule has 0 spiro atoms. The van der Waals surface area contributed by atoms with E-state index in [-0.39, 0.29) is 24.5 Å². The smallest absolute Gasteiger partial charge is 0.413 e. The Morgan fingerprint density at radius 1 is 1.20 bits per heavy atom. The molecule has 3 amide bonds. The number of morpholine rings is 1. The molecule has 2 atom stereocenters. The van der Waals surface area contributed by atoms with Crippen LogP contribution in [0.25, 0.3) is 6.08 Å². The van der Waals surface area contributed by atoms with Crippen molar-refractivity contribution < 1.29 is 28.6 Å². The highest BCUT2D eigenvalue weighted by Gasteiger charge is 2.37. The number of rotatable bonds is 7. The summed E-state index contributed by atoms with van der Waals surface area (Å²) in [6.07, 6.45) is 5.15. The van der Waals surface area contributed by atoms with Gasteiger partial charge in [0.15, 0.2) is 6.23 Å². The Bertz CT molecular complexity index is 1060. The lowest BCUT2D eigenvalue weighted by Crippen LogP contribution is -2.41. The number of nitrogens with zero attached hydrogens (tertiary/aromatic N) is 3. The van der Waals surface area contributed by atoms with Crippen LogP contribution in [0.5, 0.6) is 0 Å². The fraction of sp³-hybridized carbons (Fsp3) is 0.360. The van der Waals surface area contributed by atoms with E-state index in [4.69, 9.17) is 14.2 Å². The SMILES string of the molecule is CCO[C@@H]1C[C@@H](OC(=O)Nc2ccc(N3CCOCC3=O)cc2)N(C(=O)C=Cc2ccncc2)C1. The van der Waals surface area contributed by atoms with Gasteiger partial charge in [0.25, 0.3) is 5.91 Å². The molecular formula is C25H28N4O6. The van der Waals surface area contributed by atoms with Gasteiger partial charge in [-0.2, -0.15) is 0 Å². The van der Waals surface area contributed by atoms with Gasteiger partial charge in [0.05, 0.1) is 19.3 Å². The minimum Gasteiger partial charge on any atom is -0.425 e. The second-order valence-corrected chi connectivity index (χ2v) is 8.05. The highest BCUT2D eigenvalue weighted by Crippen LogP contribution is 2.24. The molecule has 3 heterocycles. The number of ether oxygens (including phenoxy) is 3. The van der Waals surface area contributed by atoms with Crippen LogP contribution in [-0.2, 0) is 23.8 Å². The Morgan fingerprint density at radius 3 is 2.69 bits per heavy atom. The number of carbonyl (C=O) groups excluding carboxylic acids is 3. The van der Waals surface area contributed by atoms with Crippen molar-refractivity contribution in [3.63, 3.8) is 0 Å². The summed E-state index contributed by atoms with van der Waals surface area (Å²) in [5.74, 6) is -0.384. The van der Waals surface area contributed by atoms with E-state index in [0.29, 0.717) is 38.4 Å². The highest BCUT2D eigenvalue weighted by molar-refractivity contribution is 5.95. The molecule has 2 saturated heterocycles. The molecule has 1 aromatic carbocycles. The molecule has 2 fully saturated rings. The number of aromatic nitrogens is 1. The van der Waals surface area contributed by atoms with Crippen LogP contribution in [-0.4, -0.2) is 73.0 Å². The molecular weight excluding hydrogens is 452 g/mol. The molecule has 4 rings (SSSR count). The van der Waals surface area contributed by atoms with Crippen molar-refractivity contribution in [3.8, 4) is 0 Å². The summed E-state index contributed by atoms with van der Waals surface area (Å²) in [5, 5.41) is 2.68. The first-order valence-electron chi connectivity index (χ1n) is 11.5. The largest absolute Gasteiger partial charge is 0.425 e. The van der Waals surface area contributed by atoms with E-state index in [1.165, 1.54) is 11.0 Å². The molecule has 2 aliphatic rings. The normalized spacial score (nSPS) is 20.3. The molecule has 10 nitrogen and oxygen atoms in total. The molecule has 0 saturated carbocycles. The van der Waals surface area contributed by atoms with Crippen LogP contribution in [0.4, 0.5) is 16.2 Å². The second kappa shape index (κ2) is 11.6. The predicted octanol–water partition coefficient (Wildman–Crippen LogP) is 2.67. The lowest BCUT2D eigenvalue weighted by Gasteiger charge is -2.27. The number of likely N-dealkylation sites (tertiary alicyclic amines) is 1. The van der Waals surface area contributed by atoms with Crippen molar-refractivity contribution in [1.29, 1.82) is 0 Å². The standard InChI is InChI=1S/C25H28N4O6/c1-2-34-21-15-24(29(16-21)22(30)8-3-18-9-11-26-12-10-18)35-25(32)27-19-4-6-20(7-5-19)28-13-14-33-17-23(28)31/h3-12,21,24H,2,13-17H2,1H3,(H,27,32)/t21-,24-/m1/s1. The third-order valence-corrected chi connectivity index (χ3v) is 5.68. The average Bonchev–Trinajstić information content (AvgIpc) is 3.26. The summed E-state index contributed by atoms with van der Waals surface area (Å²) in [5.41, 5.74) is 2.07. The number of anilines is 2. The molecule has 35 heavy (non-hydrogen) atoms. The van der Waals surface area contributed by atoms with Gasteiger partial charge in [0.1, 0.15) is 6.61 Å². The van der Waals surface area contributed by atoms with E-state index in [1.54, 1.807) is 59.8 Å². The van der Waals surface area contributed by atoms with Crippen LogP contribution in [0.3, 0.4) is 0 Å². The van der Waals surface area contributed by atoms with Gasteiger partial charge < -0.3 is 24.0 Å². The van der Waals surface area contributed by atoms with Gasteiger partial charge in [-0.3, -0.25) is 19.9 Å². The summed E-state index contributed by atoms with van der Waals surface area (Å²) < 4.78 is 16.4. The minimum atomic E-state index is -0.758. The molecule has 10 heteroatoms. The minimum absolute atomic E-state index is 0.0589. The average molecular weight is 481 g/mol. The highest BCUT2D eigenvalue weighted by atomic mass is 16.6. The van der Waals surface area contributed by atoms with E-state index in [1.807, 2.05) is 6.92 Å². The van der Waals surface area contributed by atoms with Crippen LogP contribution in [0.1, 0.15) is 18.9 Å². The molecule has 184 valence electrons. The molecule has 2 aromatic rings. The van der Waals surface area contributed by atoms with Crippen molar-refractivity contribution in [2.75, 3.05) is 43.1 Å². The van der Waals surface area contributed by atoms with Gasteiger partial charge in [-0.25, -0.2) is 4.79 Å². The number of hydrogen-bond donors (Lipinski definition) is 1. The number of benzene rings is 1. The first kappa shape index (κ1) is 24.4. The summed E-state index contributed by atoms with van der Waals surface area (Å²) >= 11 is 0. The van der Waals surface area contributed by atoms with Gasteiger partial charge in [0, 0.05) is 49.4 Å². The number of carbonyl (C=O) groups is 3. The molecule has 0 bridgehead atoms. The van der Waals surface area contributed by atoms with Gasteiger partial charge in [0.2, 0.25) is 5.91 Å². The van der Waals surface area contributed by atoms with E-state index in [9.17, 15) is 14.4 Å². The zero-order valence-corrected chi connectivity index (χ0v) is 19.5. The van der Waals surface area contributed by atoms with Crippen molar-refractivity contribution in [2.45, 2.75) is 25.7 Å². The number of nitrogens with one attached hydrogen (secondary N) is 1. The third-order valence-electron chi connectivity index (χ3n) is 5.68. The Morgan fingerprint density at radius 2 is 1.97 bits per heavy atom. The Balaban J connectivity index is 1.37. The number of hydrogen-bond acceptors (Lipinski definition) is 7. The van der Waals surface area contributed by atoms with Crippen molar-refractivity contribution in [3.05, 3.63) is 60.4 Å². The molecule has 1 aromatic heterocycles. The van der Waals surface area contributed by atoms with Crippen molar-refractivity contribution >= 4 is 35.4 Å². The zero-order valence-electron chi connectivity index (χ0n) is 19.5. The molecule has 0 radical (unpaired) electrons. The third kappa shape index (κ3) is 6.43. The predicted molar refractivity (Wildman–Crippen MR) is 129 cm³/mol. The van der Waals surface area contributed by atoms with Gasteiger partial charge in [-0.1, -0.05) is 0 Å². The van der Waals surface area contributed by atoms with Crippen molar-refractivity contribution in [1.82, 2.24) is 9.88 Å². The van der Waals surface area contributed by atoms with Crippen LogP contribution in [0.15, 0.2) is 54.9 Å².